The van der Waals surface area contributed by atoms with E-state index in [0.29, 0.717) is 0 Å². The fourth-order valence-corrected chi connectivity index (χ4v) is 2.08. The van der Waals surface area contributed by atoms with Crippen LogP contribution in [0, 0.1) is 5.82 Å². The lowest BCUT2D eigenvalue weighted by atomic mass is 10.2. The van der Waals surface area contributed by atoms with Crippen molar-refractivity contribution in [1.29, 1.82) is 0 Å². The molecule has 0 bridgehead atoms. The summed E-state index contributed by atoms with van der Waals surface area (Å²) in [5.41, 5.74) is 3.87. The van der Waals surface area contributed by atoms with Crippen LogP contribution in [0.2, 0.25) is 5.02 Å². The summed E-state index contributed by atoms with van der Waals surface area (Å²) in [6.07, 6.45) is 0. The normalized spacial score (nSPS) is 10.6. The molecule has 0 aliphatic carbocycles. The molecule has 0 fully saturated rings. The average molecular weight is 342 g/mol. The van der Waals surface area contributed by atoms with Crippen LogP contribution in [0.5, 0.6) is 5.75 Å². The number of Topliss-reactive ketones (excluding diaryl/α,β-unsaturated/α-hetero) is 1. The molecule has 23 heavy (non-hydrogen) atoms. The van der Waals surface area contributed by atoms with Crippen LogP contribution in [0.25, 0.3) is 0 Å². The number of ketones is 1. The van der Waals surface area contributed by atoms with E-state index in [-0.39, 0.29) is 22.2 Å². The standard InChI is InChI=1S/C14H13ClFN3O4/c1-18-12(17)11(13(21)19(2)14(18)22)10(20)6-23-7-3-4-9(16)8(15)5-7/h3-5H,6,17H2,1-2H3. The lowest BCUT2D eigenvalue weighted by Gasteiger charge is -2.11. The highest BCUT2D eigenvalue weighted by Gasteiger charge is 2.20. The van der Waals surface area contributed by atoms with Gasteiger partial charge in [-0.05, 0) is 12.1 Å². The number of hydrogen-bond acceptors (Lipinski definition) is 5. The number of benzene rings is 1. The number of hydrogen-bond donors (Lipinski definition) is 1. The third kappa shape index (κ3) is 3.11. The van der Waals surface area contributed by atoms with Crippen molar-refractivity contribution in [2.75, 3.05) is 12.3 Å². The maximum atomic E-state index is 13.0. The zero-order chi connectivity index (χ0) is 17.3. The highest BCUT2D eigenvalue weighted by molar-refractivity contribution is 6.30. The fraction of sp³-hybridized carbons (Fsp3) is 0.214. The van der Waals surface area contributed by atoms with E-state index in [1.165, 1.54) is 26.2 Å². The molecule has 2 N–H and O–H groups in total. The van der Waals surface area contributed by atoms with Gasteiger partial charge in [0.25, 0.3) is 5.56 Å². The van der Waals surface area contributed by atoms with Gasteiger partial charge in [0, 0.05) is 20.2 Å². The van der Waals surface area contributed by atoms with Crippen LogP contribution in [0.1, 0.15) is 10.4 Å². The molecule has 122 valence electrons. The number of ether oxygens (including phenoxy) is 1. The number of nitrogen functional groups attached to an aromatic ring is 1. The van der Waals surface area contributed by atoms with Crippen molar-refractivity contribution >= 4 is 23.2 Å². The van der Waals surface area contributed by atoms with Crippen LogP contribution in [-0.4, -0.2) is 21.5 Å². The Morgan fingerprint density at radius 1 is 1.30 bits per heavy atom. The van der Waals surface area contributed by atoms with Gasteiger partial charge in [0.15, 0.2) is 6.61 Å². The molecule has 0 unspecified atom stereocenters. The number of carbonyl (C=O) groups is 1. The van der Waals surface area contributed by atoms with Gasteiger partial charge in [-0.2, -0.15) is 0 Å². The van der Waals surface area contributed by atoms with E-state index in [1.54, 1.807) is 0 Å². The molecule has 1 heterocycles. The van der Waals surface area contributed by atoms with Gasteiger partial charge in [-0.1, -0.05) is 11.6 Å². The Kier molecular flexibility index (Phi) is 4.55. The van der Waals surface area contributed by atoms with Crippen molar-refractivity contribution in [3.05, 3.63) is 55.4 Å². The number of carbonyl (C=O) groups excluding carboxylic acids is 1. The Hall–Kier alpha value is -2.61. The summed E-state index contributed by atoms with van der Waals surface area (Å²) in [6, 6.07) is 3.57. The Morgan fingerprint density at radius 3 is 2.57 bits per heavy atom. The van der Waals surface area contributed by atoms with Crippen LogP contribution >= 0.6 is 11.6 Å². The second kappa shape index (κ2) is 6.25. The highest BCUT2D eigenvalue weighted by Crippen LogP contribution is 2.21. The minimum absolute atomic E-state index is 0.157. The summed E-state index contributed by atoms with van der Waals surface area (Å²) in [6.45, 7) is -0.514. The quantitative estimate of drug-likeness (QED) is 0.827. The Balaban J connectivity index is 2.30. The molecule has 0 atom stereocenters. The van der Waals surface area contributed by atoms with E-state index in [9.17, 15) is 18.8 Å². The first-order valence-electron chi connectivity index (χ1n) is 6.40. The first kappa shape index (κ1) is 16.8. The van der Waals surface area contributed by atoms with Gasteiger partial charge in [0.05, 0.1) is 5.02 Å². The van der Waals surface area contributed by atoms with E-state index in [2.05, 4.69) is 0 Å². The zero-order valence-electron chi connectivity index (χ0n) is 12.3. The van der Waals surface area contributed by atoms with Crippen molar-refractivity contribution in [2.45, 2.75) is 0 Å². The maximum absolute atomic E-state index is 13.0. The molecule has 2 rings (SSSR count). The predicted molar refractivity (Wildman–Crippen MR) is 82.6 cm³/mol. The number of anilines is 1. The van der Waals surface area contributed by atoms with Gasteiger partial charge in [0.1, 0.15) is 22.9 Å². The van der Waals surface area contributed by atoms with E-state index in [1.807, 2.05) is 0 Å². The molecule has 0 amide bonds. The number of halogens is 2. The molecule has 1 aromatic heterocycles. The average Bonchev–Trinajstić information content (AvgIpc) is 2.52. The van der Waals surface area contributed by atoms with Crippen LogP contribution in [0.3, 0.4) is 0 Å². The molecular formula is C14H13ClFN3O4. The zero-order valence-corrected chi connectivity index (χ0v) is 13.1. The monoisotopic (exact) mass is 341 g/mol. The summed E-state index contributed by atoms with van der Waals surface area (Å²) >= 11 is 5.60. The topological polar surface area (TPSA) is 96.3 Å². The second-order valence-electron chi connectivity index (χ2n) is 4.75. The highest BCUT2D eigenvalue weighted by atomic mass is 35.5. The number of nitrogens with two attached hydrogens (primary N) is 1. The first-order chi connectivity index (χ1) is 10.7. The number of aromatic nitrogens is 2. The van der Waals surface area contributed by atoms with Crippen LogP contribution in [0.4, 0.5) is 10.2 Å². The van der Waals surface area contributed by atoms with Gasteiger partial charge >= 0.3 is 5.69 Å². The van der Waals surface area contributed by atoms with Crippen LogP contribution in [-0.2, 0) is 14.1 Å². The molecule has 0 spiro atoms. The van der Waals surface area contributed by atoms with Gasteiger partial charge in [-0.15, -0.1) is 0 Å². The summed E-state index contributed by atoms with van der Waals surface area (Å²) in [5, 5.41) is -0.160. The van der Waals surface area contributed by atoms with E-state index < -0.39 is 29.5 Å². The first-order valence-corrected chi connectivity index (χ1v) is 6.78. The Bertz CT molecular complexity index is 904. The summed E-state index contributed by atoms with van der Waals surface area (Å²) in [5.74, 6) is -1.42. The van der Waals surface area contributed by atoms with Crippen molar-refractivity contribution in [3.63, 3.8) is 0 Å². The molecular weight excluding hydrogens is 329 g/mol. The maximum Gasteiger partial charge on any atom is 0.332 e. The van der Waals surface area contributed by atoms with Gasteiger partial charge in [0.2, 0.25) is 5.78 Å². The van der Waals surface area contributed by atoms with E-state index in [0.717, 1.165) is 15.2 Å². The molecule has 2 aromatic rings. The molecule has 0 saturated heterocycles. The Labute approximate surface area is 134 Å². The molecule has 0 aliphatic heterocycles. The van der Waals surface area contributed by atoms with Gasteiger partial charge < -0.3 is 10.5 Å². The van der Waals surface area contributed by atoms with Crippen molar-refractivity contribution < 1.29 is 13.9 Å². The van der Waals surface area contributed by atoms with Crippen LogP contribution < -0.4 is 21.7 Å². The lowest BCUT2D eigenvalue weighted by molar-refractivity contribution is 0.0919. The largest absolute Gasteiger partial charge is 0.485 e. The Morgan fingerprint density at radius 2 is 1.96 bits per heavy atom. The van der Waals surface area contributed by atoms with Crippen molar-refractivity contribution in [3.8, 4) is 5.75 Å². The van der Waals surface area contributed by atoms with Crippen LogP contribution in [0.15, 0.2) is 27.8 Å². The molecule has 1 aromatic carbocycles. The third-order valence-electron chi connectivity index (χ3n) is 3.25. The molecule has 7 nitrogen and oxygen atoms in total. The van der Waals surface area contributed by atoms with Crippen molar-refractivity contribution in [1.82, 2.24) is 9.13 Å². The molecule has 0 radical (unpaired) electrons. The smallest absolute Gasteiger partial charge is 0.332 e. The minimum atomic E-state index is -0.809. The lowest BCUT2D eigenvalue weighted by Crippen LogP contribution is -2.42. The van der Waals surface area contributed by atoms with E-state index >= 15 is 0 Å². The van der Waals surface area contributed by atoms with Crippen molar-refractivity contribution in [2.24, 2.45) is 14.1 Å². The number of nitrogens with zero attached hydrogens (tertiary/aromatic N) is 2. The summed E-state index contributed by atoms with van der Waals surface area (Å²) < 4.78 is 20.0. The molecule has 9 heteroatoms. The molecule has 0 saturated carbocycles. The summed E-state index contributed by atoms with van der Waals surface area (Å²) in [7, 11) is 2.58. The number of rotatable bonds is 4. The summed E-state index contributed by atoms with van der Waals surface area (Å²) in [4.78, 5) is 35.9. The predicted octanol–water partition coefficient (Wildman–Crippen LogP) is 0.720. The van der Waals surface area contributed by atoms with Gasteiger partial charge in [-0.3, -0.25) is 18.7 Å². The molecule has 0 aliphatic rings. The SMILES string of the molecule is Cn1c(N)c(C(=O)COc2ccc(F)c(Cl)c2)c(=O)n(C)c1=O. The third-order valence-corrected chi connectivity index (χ3v) is 3.54. The fourth-order valence-electron chi connectivity index (χ4n) is 1.91. The van der Waals surface area contributed by atoms with Gasteiger partial charge in [-0.25, -0.2) is 9.18 Å². The van der Waals surface area contributed by atoms with E-state index in [4.69, 9.17) is 22.1 Å². The minimum Gasteiger partial charge on any atom is -0.485 e. The second-order valence-corrected chi connectivity index (χ2v) is 5.16.